The first-order valence-electron chi connectivity index (χ1n) is 9.94. The Morgan fingerprint density at radius 3 is 2.83 bits per heavy atom. The molecule has 2 aromatic heterocycles. The normalized spacial score (nSPS) is 20.4. The number of nitrogens with one attached hydrogen (secondary N) is 1. The molecule has 158 valence electrons. The SMILES string of the molecule is COc1ccc2nccc(CCN3CC[C@H](NC(=O)OC(C)(C)C)[C@@H](O)C3)c2n1. The molecular weight excluding hydrogens is 372 g/mol. The summed E-state index contributed by atoms with van der Waals surface area (Å²) in [7, 11) is 1.60. The molecule has 2 atom stereocenters. The third-order valence-electron chi connectivity index (χ3n) is 4.92. The standard InChI is InChI=1S/C21H30N4O4/c1-21(2,3)29-20(27)23-15-9-12-25(13-17(15)26)11-8-14-7-10-22-16-5-6-18(28-4)24-19(14)16/h5-7,10,15,17,26H,8-9,11-13H2,1-4H3,(H,23,27)/t15-,17-/m0/s1. The number of amides is 1. The molecule has 2 N–H and O–H groups in total. The topological polar surface area (TPSA) is 96.8 Å². The van der Waals surface area contributed by atoms with Crippen LogP contribution in [0.2, 0.25) is 0 Å². The van der Waals surface area contributed by atoms with Gasteiger partial charge in [0.1, 0.15) is 5.60 Å². The Bertz CT molecular complexity index is 852. The smallest absolute Gasteiger partial charge is 0.407 e. The van der Waals surface area contributed by atoms with Crippen LogP contribution >= 0.6 is 0 Å². The average molecular weight is 402 g/mol. The maximum absolute atomic E-state index is 12.0. The van der Waals surface area contributed by atoms with Gasteiger partial charge < -0.3 is 24.8 Å². The van der Waals surface area contributed by atoms with Crippen molar-refractivity contribution in [2.75, 3.05) is 26.7 Å². The highest BCUT2D eigenvalue weighted by Gasteiger charge is 2.30. The average Bonchev–Trinajstić information content (AvgIpc) is 2.66. The van der Waals surface area contributed by atoms with Crippen molar-refractivity contribution in [2.24, 2.45) is 0 Å². The van der Waals surface area contributed by atoms with E-state index < -0.39 is 17.8 Å². The minimum absolute atomic E-state index is 0.297. The van der Waals surface area contributed by atoms with Crippen molar-refractivity contribution in [3.63, 3.8) is 0 Å². The van der Waals surface area contributed by atoms with Crippen LogP contribution in [0, 0.1) is 0 Å². The van der Waals surface area contributed by atoms with E-state index in [1.165, 1.54) is 0 Å². The van der Waals surface area contributed by atoms with Gasteiger partial charge >= 0.3 is 6.09 Å². The van der Waals surface area contributed by atoms with Crippen molar-refractivity contribution in [2.45, 2.75) is 51.4 Å². The van der Waals surface area contributed by atoms with Crippen molar-refractivity contribution in [1.29, 1.82) is 0 Å². The molecule has 0 aromatic carbocycles. The Labute approximate surface area is 171 Å². The van der Waals surface area contributed by atoms with Crippen LogP contribution in [-0.4, -0.2) is 70.6 Å². The Morgan fingerprint density at radius 1 is 1.34 bits per heavy atom. The van der Waals surface area contributed by atoms with E-state index in [1.54, 1.807) is 19.4 Å². The van der Waals surface area contributed by atoms with Gasteiger partial charge in [0.05, 0.1) is 30.3 Å². The lowest BCUT2D eigenvalue weighted by Crippen LogP contribution is -2.54. The molecule has 1 fully saturated rings. The van der Waals surface area contributed by atoms with Crippen LogP contribution < -0.4 is 10.1 Å². The lowest BCUT2D eigenvalue weighted by atomic mass is 10.0. The van der Waals surface area contributed by atoms with Gasteiger partial charge in [0.2, 0.25) is 5.88 Å². The van der Waals surface area contributed by atoms with E-state index in [-0.39, 0.29) is 6.04 Å². The molecule has 0 saturated carbocycles. The first-order valence-corrected chi connectivity index (χ1v) is 9.94. The number of carbonyl (C=O) groups is 1. The fraction of sp³-hybridized carbons (Fsp3) is 0.571. The summed E-state index contributed by atoms with van der Waals surface area (Å²) in [6.45, 7) is 7.53. The van der Waals surface area contributed by atoms with Gasteiger partial charge in [0, 0.05) is 31.9 Å². The number of aliphatic hydroxyl groups excluding tert-OH is 1. The monoisotopic (exact) mass is 402 g/mol. The lowest BCUT2D eigenvalue weighted by Gasteiger charge is -2.36. The number of carbonyl (C=O) groups excluding carboxylic acids is 1. The van der Waals surface area contributed by atoms with E-state index >= 15 is 0 Å². The van der Waals surface area contributed by atoms with Gasteiger partial charge in [-0.25, -0.2) is 9.78 Å². The Balaban J connectivity index is 1.56. The largest absolute Gasteiger partial charge is 0.481 e. The van der Waals surface area contributed by atoms with Crippen molar-refractivity contribution < 1.29 is 19.4 Å². The van der Waals surface area contributed by atoms with E-state index in [2.05, 4.69) is 20.2 Å². The van der Waals surface area contributed by atoms with Crippen LogP contribution in [0.15, 0.2) is 24.4 Å². The van der Waals surface area contributed by atoms with Crippen molar-refractivity contribution in [3.8, 4) is 5.88 Å². The molecule has 8 nitrogen and oxygen atoms in total. The number of piperidine rings is 1. The van der Waals surface area contributed by atoms with Gasteiger partial charge in [-0.3, -0.25) is 4.98 Å². The molecule has 8 heteroatoms. The van der Waals surface area contributed by atoms with Crippen LogP contribution in [0.4, 0.5) is 4.79 Å². The number of nitrogens with zero attached hydrogens (tertiary/aromatic N) is 3. The van der Waals surface area contributed by atoms with Gasteiger partial charge in [-0.1, -0.05) is 0 Å². The number of fused-ring (bicyclic) bond motifs is 1. The predicted molar refractivity (Wildman–Crippen MR) is 110 cm³/mol. The zero-order valence-corrected chi connectivity index (χ0v) is 17.5. The number of hydrogen-bond acceptors (Lipinski definition) is 7. The number of β-amino-alcohol motifs (C(OH)–C–C–N with tert-alkyl or cyclic N) is 1. The second-order valence-corrected chi connectivity index (χ2v) is 8.35. The van der Waals surface area contributed by atoms with Crippen LogP contribution in [0.5, 0.6) is 5.88 Å². The molecule has 0 spiro atoms. The van der Waals surface area contributed by atoms with E-state index in [9.17, 15) is 9.90 Å². The molecule has 1 aliphatic heterocycles. The van der Waals surface area contributed by atoms with E-state index in [0.29, 0.717) is 18.8 Å². The number of likely N-dealkylation sites (tertiary alicyclic amines) is 1. The van der Waals surface area contributed by atoms with Crippen molar-refractivity contribution in [3.05, 3.63) is 30.0 Å². The number of rotatable bonds is 5. The number of aromatic nitrogens is 2. The highest BCUT2D eigenvalue weighted by Crippen LogP contribution is 2.20. The van der Waals surface area contributed by atoms with Gasteiger partial charge in [0.15, 0.2) is 0 Å². The van der Waals surface area contributed by atoms with E-state index in [0.717, 1.165) is 36.1 Å². The number of aliphatic hydroxyl groups is 1. The third kappa shape index (κ3) is 5.77. The first-order chi connectivity index (χ1) is 13.7. The fourth-order valence-corrected chi connectivity index (χ4v) is 3.48. The van der Waals surface area contributed by atoms with Crippen LogP contribution in [0.3, 0.4) is 0 Å². The Hall–Kier alpha value is -2.45. The summed E-state index contributed by atoms with van der Waals surface area (Å²) < 4.78 is 10.5. The van der Waals surface area contributed by atoms with E-state index in [1.807, 2.05) is 32.9 Å². The summed E-state index contributed by atoms with van der Waals surface area (Å²) in [5.74, 6) is 0.566. The summed E-state index contributed by atoms with van der Waals surface area (Å²) in [5, 5.41) is 13.3. The number of alkyl carbamates (subject to hydrolysis) is 1. The Kier molecular flexibility index (Phi) is 6.54. The number of ether oxygens (including phenoxy) is 2. The lowest BCUT2D eigenvalue weighted by molar-refractivity contribution is 0.0204. The predicted octanol–water partition coefficient (Wildman–Crippen LogP) is 2.14. The first kappa shape index (κ1) is 21.3. The third-order valence-corrected chi connectivity index (χ3v) is 4.92. The molecule has 29 heavy (non-hydrogen) atoms. The number of pyridine rings is 2. The summed E-state index contributed by atoms with van der Waals surface area (Å²) in [5.41, 5.74) is 2.22. The quantitative estimate of drug-likeness (QED) is 0.791. The molecule has 1 saturated heterocycles. The molecule has 3 rings (SSSR count). The van der Waals surface area contributed by atoms with Gasteiger partial charge in [-0.15, -0.1) is 0 Å². The minimum Gasteiger partial charge on any atom is -0.481 e. The second-order valence-electron chi connectivity index (χ2n) is 8.35. The molecule has 0 unspecified atom stereocenters. The number of methoxy groups -OCH3 is 1. The molecule has 1 aliphatic rings. The number of hydrogen-bond donors (Lipinski definition) is 2. The van der Waals surface area contributed by atoms with E-state index in [4.69, 9.17) is 9.47 Å². The summed E-state index contributed by atoms with van der Waals surface area (Å²) >= 11 is 0. The Morgan fingerprint density at radius 2 is 2.14 bits per heavy atom. The van der Waals surface area contributed by atoms with Gasteiger partial charge in [-0.2, -0.15) is 0 Å². The highest BCUT2D eigenvalue weighted by atomic mass is 16.6. The van der Waals surface area contributed by atoms with Crippen LogP contribution in [-0.2, 0) is 11.2 Å². The summed E-state index contributed by atoms with van der Waals surface area (Å²) in [4.78, 5) is 23.1. The zero-order valence-electron chi connectivity index (χ0n) is 17.5. The molecular formula is C21H30N4O4. The van der Waals surface area contributed by atoms with Crippen molar-refractivity contribution in [1.82, 2.24) is 20.2 Å². The summed E-state index contributed by atoms with van der Waals surface area (Å²) in [6.07, 6.45) is 2.12. The maximum atomic E-state index is 12.0. The van der Waals surface area contributed by atoms with Gasteiger partial charge in [0.25, 0.3) is 0 Å². The molecule has 3 heterocycles. The molecule has 0 bridgehead atoms. The highest BCUT2D eigenvalue weighted by molar-refractivity contribution is 5.78. The maximum Gasteiger partial charge on any atom is 0.407 e. The summed E-state index contributed by atoms with van der Waals surface area (Å²) in [6, 6.07) is 5.39. The zero-order chi connectivity index (χ0) is 21.0. The minimum atomic E-state index is -0.635. The molecule has 0 radical (unpaired) electrons. The fourth-order valence-electron chi connectivity index (χ4n) is 3.48. The van der Waals surface area contributed by atoms with Crippen molar-refractivity contribution >= 4 is 17.1 Å². The molecule has 0 aliphatic carbocycles. The van der Waals surface area contributed by atoms with Crippen LogP contribution in [0.25, 0.3) is 11.0 Å². The molecule has 1 amide bonds. The second kappa shape index (κ2) is 8.92. The molecule has 2 aromatic rings. The van der Waals surface area contributed by atoms with Gasteiger partial charge in [-0.05, 0) is 51.3 Å². The van der Waals surface area contributed by atoms with Crippen LogP contribution in [0.1, 0.15) is 32.8 Å².